The molecule has 3 aromatic rings. The molecule has 0 saturated heterocycles. The van der Waals surface area contributed by atoms with Crippen molar-refractivity contribution in [2.75, 3.05) is 5.43 Å². The van der Waals surface area contributed by atoms with E-state index in [2.05, 4.69) is 25.8 Å². The summed E-state index contributed by atoms with van der Waals surface area (Å²) in [5.41, 5.74) is 6.20. The second-order valence-electron chi connectivity index (χ2n) is 5.73. The lowest BCUT2D eigenvalue weighted by Crippen LogP contribution is -2.10. The SMILES string of the molecule is Cc1ccc(Cn2nc(C)c(/C=N\Nc3cn[nH]c(=O)c3Cl)c2Cl)cc1. The second kappa shape index (κ2) is 7.72. The van der Waals surface area contributed by atoms with Gasteiger partial charge in [0.2, 0.25) is 0 Å². The van der Waals surface area contributed by atoms with E-state index in [9.17, 15) is 4.79 Å². The molecule has 1 aromatic carbocycles. The van der Waals surface area contributed by atoms with Crippen LogP contribution in [-0.2, 0) is 6.54 Å². The first kappa shape index (κ1) is 18.2. The summed E-state index contributed by atoms with van der Waals surface area (Å²) in [6, 6.07) is 8.18. The summed E-state index contributed by atoms with van der Waals surface area (Å²) >= 11 is 12.3. The molecule has 7 nitrogen and oxygen atoms in total. The first-order valence-corrected chi connectivity index (χ1v) is 8.52. The number of aromatic amines is 1. The number of nitrogens with one attached hydrogen (secondary N) is 2. The Bertz CT molecular complexity index is 1010. The van der Waals surface area contributed by atoms with Gasteiger partial charge in [-0.25, -0.2) is 9.78 Å². The molecule has 0 bridgehead atoms. The molecule has 0 radical (unpaired) electrons. The fourth-order valence-corrected chi connectivity index (χ4v) is 2.73. The average Bonchev–Trinajstić information content (AvgIpc) is 2.88. The summed E-state index contributed by atoms with van der Waals surface area (Å²) in [6.07, 6.45) is 2.91. The van der Waals surface area contributed by atoms with Crippen molar-refractivity contribution in [1.82, 2.24) is 20.0 Å². The Balaban J connectivity index is 1.78. The van der Waals surface area contributed by atoms with Gasteiger partial charge in [0.15, 0.2) is 0 Å². The average molecular weight is 391 g/mol. The third-order valence-corrected chi connectivity index (χ3v) is 4.51. The van der Waals surface area contributed by atoms with E-state index in [1.165, 1.54) is 18.0 Å². The van der Waals surface area contributed by atoms with Crippen LogP contribution in [0, 0.1) is 13.8 Å². The van der Waals surface area contributed by atoms with Crippen LogP contribution in [-0.4, -0.2) is 26.2 Å². The number of H-pyrrole nitrogens is 1. The van der Waals surface area contributed by atoms with Crippen LogP contribution in [0.4, 0.5) is 5.69 Å². The third kappa shape index (κ3) is 3.95. The molecule has 0 amide bonds. The summed E-state index contributed by atoms with van der Waals surface area (Å²) in [6.45, 7) is 4.45. The number of hydrogen-bond donors (Lipinski definition) is 2. The molecule has 2 aromatic heterocycles. The van der Waals surface area contributed by atoms with Gasteiger partial charge < -0.3 is 0 Å². The summed E-state index contributed by atoms with van der Waals surface area (Å²) in [7, 11) is 0. The highest BCUT2D eigenvalue weighted by molar-refractivity contribution is 6.33. The van der Waals surface area contributed by atoms with Crippen LogP contribution in [0.25, 0.3) is 0 Å². The van der Waals surface area contributed by atoms with Gasteiger partial charge in [-0.05, 0) is 19.4 Å². The minimum absolute atomic E-state index is 0.0185. The topological polar surface area (TPSA) is 88.0 Å². The Morgan fingerprint density at radius 1 is 1.27 bits per heavy atom. The molecule has 2 heterocycles. The van der Waals surface area contributed by atoms with Gasteiger partial charge in [-0.3, -0.25) is 10.2 Å². The number of rotatable bonds is 5. The summed E-state index contributed by atoms with van der Waals surface area (Å²) in [5.74, 6) is 0. The van der Waals surface area contributed by atoms with Crippen molar-refractivity contribution in [1.29, 1.82) is 0 Å². The smallest absolute Gasteiger partial charge is 0.275 e. The van der Waals surface area contributed by atoms with Crippen LogP contribution in [0.15, 0.2) is 40.4 Å². The highest BCUT2D eigenvalue weighted by Crippen LogP contribution is 2.20. The van der Waals surface area contributed by atoms with Crippen molar-refractivity contribution < 1.29 is 0 Å². The maximum absolute atomic E-state index is 11.4. The molecule has 0 aliphatic carbocycles. The number of nitrogens with zero attached hydrogens (tertiary/aromatic N) is 4. The lowest BCUT2D eigenvalue weighted by atomic mass is 10.1. The van der Waals surface area contributed by atoms with Crippen LogP contribution in [0.3, 0.4) is 0 Å². The number of hydrazone groups is 1. The highest BCUT2D eigenvalue weighted by atomic mass is 35.5. The number of aromatic nitrogens is 4. The summed E-state index contributed by atoms with van der Waals surface area (Å²) in [5, 5.41) is 14.9. The van der Waals surface area contributed by atoms with Gasteiger partial charge in [0, 0.05) is 0 Å². The largest absolute Gasteiger partial charge is 0.285 e. The Hall–Kier alpha value is -2.64. The first-order chi connectivity index (χ1) is 12.5. The van der Waals surface area contributed by atoms with Gasteiger partial charge in [0.1, 0.15) is 15.9 Å². The number of benzene rings is 1. The van der Waals surface area contributed by atoms with Crippen molar-refractivity contribution in [3.05, 3.63) is 73.4 Å². The van der Waals surface area contributed by atoms with Crippen LogP contribution in [0.5, 0.6) is 0 Å². The number of hydrogen-bond acceptors (Lipinski definition) is 5. The molecule has 0 aliphatic rings. The fourth-order valence-electron chi connectivity index (χ4n) is 2.31. The van der Waals surface area contributed by atoms with Crippen molar-refractivity contribution in [2.45, 2.75) is 20.4 Å². The number of halogens is 2. The van der Waals surface area contributed by atoms with Crippen molar-refractivity contribution >= 4 is 35.1 Å². The molecule has 0 unspecified atom stereocenters. The molecular formula is C17H16Cl2N6O. The fraction of sp³-hybridized carbons (Fsp3) is 0.176. The van der Waals surface area contributed by atoms with Crippen molar-refractivity contribution in [3.63, 3.8) is 0 Å². The zero-order valence-corrected chi connectivity index (χ0v) is 15.6. The van der Waals surface area contributed by atoms with E-state index in [0.717, 1.165) is 11.3 Å². The molecule has 134 valence electrons. The van der Waals surface area contributed by atoms with Gasteiger partial charge in [-0.15, -0.1) is 0 Å². The third-order valence-electron chi connectivity index (χ3n) is 3.74. The van der Waals surface area contributed by atoms with Crippen LogP contribution in [0.1, 0.15) is 22.4 Å². The Morgan fingerprint density at radius 2 is 2.00 bits per heavy atom. The number of aryl methyl sites for hydroxylation is 2. The minimum atomic E-state index is -0.494. The predicted octanol–water partition coefficient (Wildman–Crippen LogP) is 3.38. The lowest BCUT2D eigenvalue weighted by Gasteiger charge is -2.04. The molecule has 0 aliphatic heterocycles. The van der Waals surface area contributed by atoms with E-state index in [-0.39, 0.29) is 5.02 Å². The minimum Gasteiger partial charge on any atom is -0.275 e. The molecule has 26 heavy (non-hydrogen) atoms. The summed E-state index contributed by atoms with van der Waals surface area (Å²) in [4.78, 5) is 11.4. The molecular weight excluding hydrogens is 375 g/mol. The molecule has 0 spiro atoms. The van der Waals surface area contributed by atoms with E-state index in [1.807, 2.05) is 38.1 Å². The van der Waals surface area contributed by atoms with Crippen molar-refractivity contribution in [2.24, 2.45) is 5.10 Å². The lowest BCUT2D eigenvalue weighted by molar-refractivity contribution is 0.680. The van der Waals surface area contributed by atoms with E-state index in [4.69, 9.17) is 23.2 Å². The van der Waals surface area contributed by atoms with Crippen molar-refractivity contribution in [3.8, 4) is 0 Å². The van der Waals surface area contributed by atoms with Gasteiger partial charge >= 0.3 is 0 Å². The first-order valence-electron chi connectivity index (χ1n) is 7.76. The zero-order chi connectivity index (χ0) is 18.7. The molecule has 3 rings (SSSR count). The number of anilines is 1. The monoisotopic (exact) mass is 390 g/mol. The van der Waals surface area contributed by atoms with E-state index < -0.39 is 5.56 Å². The summed E-state index contributed by atoms with van der Waals surface area (Å²) < 4.78 is 1.71. The zero-order valence-electron chi connectivity index (χ0n) is 14.1. The Morgan fingerprint density at radius 3 is 2.73 bits per heavy atom. The highest BCUT2D eigenvalue weighted by Gasteiger charge is 2.12. The van der Waals surface area contributed by atoms with E-state index in [0.29, 0.717) is 22.9 Å². The van der Waals surface area contributed by atoms with Crippen LogP contribution >= 0.6 is 23.2 Å². The van der Waals surface area contributed by atoms with Gasteiger partial charge in [-0.2, -0.15) is 15.3 Å². The Kier molecular flexibility index (Phi) is 5.39. The maximum Gasteiger partial charge on any atom is 0.285 e. The van der Waals surface area contributed by atoms with E-state index >= 15 is 0 Å². The molecule has 0 fully saturated rings. The second-order valence-corrected chi connectivity index (χ2v) is 6.47. The molecule has 9 heteroatoms. The molecule has 0 saturated carbocycles. The van der Waals surface area contributed by atoms with Gasteiger partial charge in [0.05, 0.1) is 30.2 Å². The Labute approximate surface area is 159 Å². The predicted molar refractivity (Wildman–Crippen MR) is 103 cm³/mol. The van der Waals surface area contributed by atoms with E-state index in [1.54, 1.807) is 4.68 Å². The van der Waals surface area contributed by atoms with Crippen LogP contribution < -0.4 is 11.0 Å². The molecule has 0 atom stereocenters. The van der Waals surface area contributed by atoms with Crippen LogP contribution in [0.2, 0.25) is 10.2 Å². The standard InChI is InChI=1S/C17H16Cl2N6O/c1-10-3-5-12(6-4-10)9-25-16(19)13(11(2)24-25)7-20-22-14-8-21-23-17(26)15(14)18/h3-8H,9H2,1-2H3,(H2,22,23,26)/b20-7-. The van der Waals surface area contributed by atoms with Gasteiger partial charge in [0.25, 0.3) is 5.56 Å². The maximum atomic E-state index is 11.4. The van der Waals surface area contributed by atoms with Gasteiger partial charge in [-0.1, -0.05) is 53.0 Å². The normalized spacial score (nSPS) is 11.2. The quantitative estimate of drug-likeness (QED) is 0.516. The molecule has 2 N–H and O–H groups in total.